The van der Waals surface area contributed by atoms with Gasteiger partial charge in [0.05, 0.1) is 6.21 Å². The molecule has 7 heteroatoms. The van der Waals surface area contributed by atoms with Crippen molar-refractivity contribution in [3.05, 3.63) is 69.5 Å². The Balaban J connectivity index is 1.40. The number of ether oxygens (including phenoxy) is 2. The molecule has 0 spiro atoms. The van der Waals surface area contributed by atoms with Gasteiger partial charge in [0.2, 0.25) is 0 Å². The van der Waals surface area contributed by atoms with Crippen LogP contribution in [0.15, 0.2) is 64.1 Å². The van der Waals surface area contributed by atoms with Crippen molar-refractivity contribution in [3.63, 3.8) is 0 Å². The monoisotopic (exact) mass is 474 g/mol. The first-order valence-corrected chi connectivity index (χ1v) is 9.36. The minimum atomic E-state index is -0.340. The number of nitrogens with one attached hydrogen (secondary N) is 1. The number of halogens is 1. The van der Waals surface area contributed by atoms with Crippen LogP contribution in [0, 0.1) is 3.57 Å². The summed E-state index contributed by atoms with van der Waals surface area (Å²) in [6.07, 6.45) is 1.46. The molecule has 27 heavy (non-hydrogen) atoms. The van der Waals surface area contributed by atoms with Gasteiger partial charge in [0.1, 0.15) is 24.7 Å². The van der Waals surface area contributed by atoms with E-state index in [-0.39, 0.29) is 5.91 Å². The van der Waals surface area contributed by atoms with Gasteiger partial charge in [-0.3, -0.25) is 4.79 Å². The highest BCUT2D eigenvalue weighted by atomic mass is 127. The van der Waals surface area contributed by atoms with Crippen LogP contribution in [0.1, 0.15) is 16.1 Å². The van der Waals surface area contributed by atoms with Gasteiger partial charge in [-0.15, -0.1) is 0 Å². The second-order valence-electron chi connectivity index (χ2n) is 5.77. The molecule has 2 aromatic carbocycles. The van der Waals surface area contributed by atoms with E-state index in [4.69, 9.17) is 13.9 Å². The zero-order valence-electron chi connectivity index (χ0n) is 14.1. The Bertz CT molecular complexity index is 995. The first-order chi connectivity index (χ1) is 13.2. The average molecular weight is 474 g/mol. The van der Waals surface area contributed by atoms with Crippen molar-refractivity contribution in [2.24, 2.45) is 5.10 Å². The molecule has 0 fully saturated rings. The van der Waals surface area contributed by atoms with E-state index < -0.39 is 0 Å². The van der Waals surface area contributed by atoms with Crippen molar-refractivity contribution in [1.29, 1.82) is 0 Å². The van der Waals surface area contributed by atoms with Crippen molar-refractivity contribution in [2.45, 2.75) is 0 Å². The summed E-state index contributed by atoms with van der Waals surface area (Å²) in [6, 6.07) is 16.7. The first kappa shape index (κ1) is 17.6. The topological polar surface area (TPSA) is 73.1 Å². The van der Waals surface area contributed by atoms with E-state index in [2.05, 4.69) is 33.1 Å². The van der Waals surface area contributed by atoms with Crippen LogP contribution in [0.5, 0.6) is 11.5 Å². The molecule has 1 aromatic heterocycles. The third-order valence-corrected chi connectivity index (χ3v) is 4.64. The molecule has 0 aliphatic carbocycles. The summed E-state index contributed by atoms with van der Waals surface area (Å²) >= 11 is 2.25. The predicted molar refractivity (Wildman–Crippen MR) is 109 cm³/mol. The highest BCUT2D eigenvalue weighted by Crippen LogP contribution is 2.30. The van der Waals surface area contributed by atoms with E-state index in [1.165, 1.54) is 6.21 Å². The third-order valence-electron chi connectivity index (χ3n) is 3.92. The predicted octanol–water partition coefficient (Wildman–Crippen LogP) is 4.09. The molecule has 136 valence electrons. The Morgan fingerprint density at radius 3 is 2.59 bits per heavy atom. The van der Waals surface area contributed by atoms with Crippen molar-refractivity contribution >= 4 is 34.7 Å². The fraction of sp³-hybridized carbons (Fsp3) is 0.100. The number of furan rings is 1. The van der Waals surface area contributed by atoms with Gasteiger partial charge in [-0.05, 0) is 65.1 Å². The molecule has 1 N–H and O–H groups in total. The quantitative estimate of drug-likeness (QED) is 0.352. The highest BCUT2D eigenvalue weighted by Gasteiger charge is 2.14. The molecular weight excluding hydrogens is 459 g/mol. The van der Waals surface area contributed by atoms with Gasteiger partial charge < -0.3 is 13.9 Å². The van der Waals surface area contributed by atoms with Gasteiger partial charge in [0.15, 0.2) is 11.5 Å². The van der Waals surface area contributed by atoms with Crippen molar-refractivity contribution < 1.29 is 18.7 Å². The number of carbonyl (C=O) groups is 1. The van der Waals surface area contributed by atoms with Gasteiger partial charge in [-0.1, -0.05) is 12.1 Å². The van der Waals surface area contributed by atoms with Crippen molar-refractivity contribution in [3.8, 4) is 22.8 Å². The number of hydrogen-bond acceptors (Lipinski definition) is 5. The molecule has 0 unspecified atom stereocenters. The molecule has 0 saturated carbocycles. The standard InChI is InChI=1S/C20H15IN2O4/c21-15-4-1-13(2-5-15)17-8-6-16(27-17)12-22-23-20(24)14-3-7-18-19(11-14)26-10-9-25-18/h1-8,11-12H,9-10H2,(H,23,24)/b22-12+. The molecule has 1 aliphatic rings. The van der Waals surface area contributed by atoms with Crippen LogP contribution >= 0.6 is 22.6 Å². The smallest absolute Gasteiger partial charge is 0.271 e. The number of hydrazone groups is 1. The fourth-order valence-electron chi connectivity index (χ4n) is 2.60. The van der Waals surface area contributed by atoms with Crippen LogP contribution < -0.4 is 14.9 Å². The zero-order chi connectivity index (χ0) is 18.6. The summed E-state index contributed by atoms with van der Waals surface area (Å²) in [5, 5.41) is 3.96. The van der Waals surface area contributed by atoms with Crippen LogP contribution in [0.25, 0.3) is 11.3 Å². The molecule has 1 aliphatic heterocycles. The van der Waals surface area contributed by atoms with E-state index in [0.717, 1.165) is 14.9 Å². The van der Waals surface area contributed by atoms with Crippen molar-refractivity contribution in [2.75, 3.05) is 13.2 Å². The van der Waals surface area contributed by atoms with E-state index in [9.17, 15) is 4.79 Å². The summed E-state index contributed by atoms with van der Waals surface area (Å²) in [5.41, 5.74) is 3.91. The van der Waals surface area contributed by atoms with Crippen LogP contribution in [-0.2, 0) is 0 Å². The lowest BCUT2D eigenvalue weighted by Crippen LogP contribution is -2.19. The molecule has 6 nitrogen and oxygen atoms in total. The highest BCUT2D eigenvalue weighted by molar-refractivity contribution is 14.1. The number of nitrogens with zero attached hydrogens (tertiary/aromatic N) is 1. The van der Waals surface area contributed by atoms with Crippen LogP contribution in [-0.4, -0.2) is 25.3 Å². The minimum absolute atomic E-state index is 0.340. The molecule has 0 saturated heterocycles. The van der Waals surface area contributed by atoms with Crippen molar-refractivity contribution in [1.82, 2.24) is 5.43 Å². The maximum atomic E-state index is 12.2. The maximum absolute atomic E-state index is 12.2. The maximum Gasteiger partial charge on any atom is 0.271 e. The molecule has 0 radical (unpaired) electrons. The van der Waals surface area contributed by atoms with E-state index in [1.807, 2.05) is 30.3 Å². The molecular formula is C20H15IN2O4. The molecule has 3 aromatic rings. The Morgan fingerprint density at radius 1 is 1.00 bits per heavy atom. The second kappa shape index (κ2) is 7.83. The summed E-state index contributed by atoms with van der Waals surface area (Å²) < 4.78 is 17.8. The minimum Gasteiger partial charge on any atom is -0.486 e. The zero-order valence-corrected chi connectivity index (χ0v) is 16.3. The van der Waals surface area contributed by atoms with Crippen LogP contribution in [0.3, 0.4) is 0 Å². The summed E-state index contributed by atoms with van der Waals surface area (Å²) in [4.78, 5) is 12.2. The largest absolute Gasteiger partial charge is 0.486 e. The molecule has 4 rings (SSSR count). The lowest BCUT2D eigenvalue weighted by molar-refractivity contribution is 0.0954. The second-order valence-corrected chi connectivity index (χ2v) is 7.01. The van der Waals surface area contributed by atoms with E-state index >= 15 is 0 Å². The van der Waals surface area contributed by atoms with Gasteiger partial charge in [0.25, 0.3) is 5.91 Å². The van der Waals surface area contributed by atoms with E-state index in [1.54, 1.807) is 24.3 Å². The SMILES string of the molecule is O=C(N/N=C/c1ccc(-c2ccc(I)cc2)o1)c1ccc2c(c1)OCCO2. The Kier molecular flexibility index (Phi) is 5.10. The van der Waals surface area contributed by atoms with Gasteiger partial charge in [-0.25, -0.2) is 5.43 Å². The lowest BCUT2D eigenvalue weighted by atomic mass is 10.2. The van der Waals surface area contributed by atoms with Crippen LogP contribution in [0.2, 0.25) is 0 Å². The first-order valence-electron chi connectivity index (χ1n) is 8.28. The van der Waals surface area contributed by atoms with Crippen LogP contribution in [0.4, 0.5) is 0 Å². The normalized spacial score (nSPS) is 12.9. The van der Waals surface area contributed by atoms with Gasteiger partial charge in [-0.2, -0.15) is 5.10 Å². The lowest BCUT2D eigenvalue weighted by Gasteiger charge is -2.18. The van der Waals surface area contributed by atoms with Gasteiger partial charge >= 0.3 is 0 Å². The number of amides is 1. The molecule has 0 bridgehead atoms. The number of benzene rings is 2. The molecule has 0 atom stereocenters. The Labute approximate surface area is 169 Å². The molecule has 1 amide bonds. The third kappa shape index (κ3) is 4.13. The number of rotatable bonds is 4. The van der Waals surface area contributed by atoms with Gasteiger partial charge in [0, 0.05) is 14.7 Å². The number of fused-ring (bicyclic) bond motifs is 1. The number of hydrogen-bond donors (Lipinski definition) is 1. The van der Waals surface area contributed by atoms with E-state index in [0.29, 0.717) is 36.0 Å². The summed E-state index contributed by atoms with van der Waals surface area (Å²) in [5.74, 6) is 2.15. The summed E-state index contributed by atoms with van der Waals surface area (Å²) in [6.45, 7) is 0.980. The Morgan fingerprint density at radius 2 is 1.78 bits per heavy atom. The molecule has 2 heterocycles. The average Bonchev–Trinajstić information content (AvgIpc) is 3.17. The fourth-order valence-corrected chi connectivity index (χ4v) is 2.95. The summed E-state index contributed by atoms with van der Waals surface area (Å²) in [7, 11) is 0. The number of carbonyl (C=O) groups excluding carboxylic acids is 1. The Hall–Kier alpha value is -2.81.